The van der Waals surface area contributed by atoms with E-state index < -0.39 is 0 Å². The Labute approximate surface area is 123 Å². The van der Waals surface area contributed by atoms with E-state index in [1.807, 2.05) is 6.07 Å². The maximum absolute atomic E-state index is 5.77. The first kappa shape index (κ1) is 15.4. The van der Waals surface area contributed by atoms with Crippen molar-refractivity contribution >= 4 is 0 Å². The summed E-state index contributed by atoms with van der Waals surface area (Å²) < 4.78 is 5.77. The minimum absolute atomic E-state index is 0.232. The quantitative estimate of drug-likeness (QED) is 0.812. The van der Waals surface area contributed by atoms with E-state index >= 15 is 0 Å². The molecule has 0 aliphatic heterocycles. The van der Waals surface area contributed by atoms with Gasteiger partial charge < -0.3 is 10.1 Å². The smallest absolute Gasteiger partial charge is 0.120 e. The Balaban J connectivity index is 1.86. The highest BCUT2D eigenvalue weighted by atomic mass is 16.5. The molecule has 0 saturated heterocycles. The van der Waals surface area contributed by atoms with Crippen molar-refractivity contribution in [1.82, 2.24) is 5.32 Å². The molecule has 0 aromatic heterocycles. The van der Waals surface area contributed by atoms with Crippen molar-refractivity contribution in [3.8, 4) is 5.75 Å². The molecule has 1 unspecified atom stereocenters. The summed E-state index contributed by atoms with van der Waals surface area (Å²) in [6.45, 7) is 7.53. The van der Waals surface area contributed by atoms with Crippen LogP contribution in [0.25, 0.3) is 0 Å². The van der Waals surface area contributed by atoms with E-state index in [-0.39, 0.29) is 6.10 Å². The normalized spacial score (nSPS) is 18.2. The van der Waals surface area contributed by atoms with E-state index in [9.17, 15) is 0 Å². The molecule has 2 nitrogen and oxygen atoms in total. The number of rotatable bonds is 6. The Hall–Kier alpha value is -1.02. The molecule has 0 amide bonds. The average Bonchev–Trinajstić information content (AvgIpc) is 2.45. The summed E-state index contributed by atoms with van der Waals surface area (Å²) in [5.74, 6) is 1.85. The first-order valence-electron chi connectivity index (χ1n) is 8.15. The third-order valence-corrected chi connectivity index (χ3v) is 4.17. The van der Waals surface area contributed by atoms with E-state index in [0.29, 0.717) is 6.04 Å². The van der Waals surface area contributed by atoms with Gasteiger partial charge in [-0.1, -0.05) is 31.4 Å². The molecule has 20 heavy (non-hydrogen) atoms. The van der Waals surface area contributed by atoms with Crippen LogP contribution in [-0.2, 0) is 0 Å². The van der Waals surface area contributed by atoms with Gasteiger partial charge in [0.05, 0.1) is 6.10 Å². The molecular weight excluding hydrogens is 246 g/mol. The molecule has 0 bridgehead atoms. The molecule has 112 valence electrons. The zero-order chi connectivity index (χ0) is 14.4. The van der Waals surface area contributed by atoms with E-state index in [0.717, 1.165) is 18.2 Å². The Bertz CT molecular complexity index is 396. The summed E-state index contributed by atoms with van der Waals surface area (Å²) in [5.41, 5.74) is 1.32. The van der Waals surface area contributed by atoms with Crippen LogP contribution in [0.15, 0.2) is 24.3 Å². The molecule has 1 atom stereocenters. The summed E-state index contributed by atoms with van der Waals surface area (Å²) in [6.07, 6.45) is 7.29. The number of benzene rings is 1. The summed E-state index contributed by atoms with van der Waals surface area (Å²) in [7, 11) is 0. The summed E-state index contributed by atoms with van der Waals surface area (Å²) in [6, 6.07) is 8.88. The van der Waals surface area contributed by atoms with Gasteiger partial charge in [-0.3, -0.25) is 0 Å². The zero-order valence-electron chi connectivity index (χ0n) is 13.2. The second-order valence-corrected chi connectivity index (χ2v) is 6.37. The minimum atomic E-state index is 0.232. The third-order valence-electron chi connectivity index (χ3n) is 4.17. The van der Waals surface area contributed by atoms with Crippen molar-refractivity contribution in [3.63, 3.8) is 0 Å². The van der Waals surface area contributed by atoms with Crippen molar-refractivity contribution in [3.05, 3.63) is 29.8 Å². The topological polar surface area (TPSA) is 21.3 Å². The highest BCUT2D eigenvalue weighted by Gasteiger charge is 2.14. The summed E-state index contributed by atoms with van der Waals surface area (Å²) in [4.78, 5) is 0. The molecule has 1 aromatic carbocycles. The van der Waals surface area contributed by atoms with Gasteiger partial charge in [-0.05, 0) is 63.8 Å². The first-order valence-corrected chi connectivity index (χ1v) is 8.15. The molecule has 1 aliphatic rings. The van der Waals surface area contributed by atoms with Gasteiger partial charge in [0, 0.05) is 6.04 Å². The predicted molar refractivity (Wildman–Crippen MR) is 85.2 cm³/mol. The monoisotopic (exact) mass is 275 g/mol. The fourth-order valence-electron chi connectivity index (χ4n) is 2.98. The summed E-state index contributed by atoms with van der Waals surface area (Å²) >= 11 is 0. The molecule has 1 aliphatic carbocycles. The first-order chi connectivity index (χ1) is 9.65. The third kappa shape index (κ3) is 4.82. The van der Waals surface area contributed by atoms with Crippen molar-refractivity contribution in [2.75, 3.05) is 6.54 Å². The Morgan fingerprint density at radius 3 is 2.60 bits per heavy atom. The molecule has 0 spiro atoms. The van der Waals surface area contributed by atoms with Crippen LogP contribution in [0.1, 0.15) is 64.5 Å². The molecule has 1 fully saturated rings. The van der Waals surface area contributed by atoms with Gasteiger partial charge in [0.2, 0.25) is 0 Å². The number of hydrogen-bond acceptors (Lipinski definition) is 2. The van der Waals surface area contributed by atoms with E-state index in [1.54, 1.807) is 0 Å². The SMILES string of the molecule is CC(C)Oc1cccc(C(C)NCC2CCCCC2)c1. The van der Waals surface area contributed by atoms with Crippen molar-refractivity contribution < 1.29 is 4.74 Å². The van der Waals surface area contributed by atoms with Crippen molar-refractivity contribution in [1.29, 1.82) is 0 Å². The van der Waals surface area contributed by atoms with Gasteiger partial charge in [-0.25, -0.2) is 0 Å². The molecule has 2 heteroatoms. The molecule has 0 radical (unpaired) electrons. The van der Waals surface area contributed by atoms with Crippen molar-refractivity contribution in [2.45, 2.75) is 65.0 Å². The van der Waals surface area contributed by atoms with Gasteiger partial charge in [0.25, 0.3) is 0 Å². The fourth-order valence-corrected chi connectivity index (χ4v) is 2.98. The zero-order valence-corrected chi connectivity index (χ0v) is 13.2. The lowest BCUT2D eigenvalue weighted by atomic mass is 9.89. The maximum Gasteiger partial charge on any atom is 0.120 e. The van der Waals surface area contributed by atoms with E-state index in [1.165, 1.54) is 37.7 Å². The fraction of sp³-hybridized carbons (Fsp3) is 0.667. The van der Waals surface area contributed by atoms with Crippen LogP contribution in [0, 0.1) is 5.92 Å². The van der Waals surface area contributed by atoms with Gasteiger partial charge in [-0.15, -0.1) is 0 Å². The van der Waals surface area contributed by atoms with Crippen LogP contribution in [0.5, 0.6) is 5.75 Å². The largest absolute Gasteiger partial charge is 0.491 e. The highest BCUT2D eigenvalue weighted by molar-refractivity contribution is 5.30. The van der Waals surface area contributed by atoms with Crippen LogP contribution < -0.4 is 10.1 Å². The Morgan fingerprint density at radius 1 is 1.15 bits per heavy atom. The van der Waals surface area contributed by atoms with Gasteiger partial charge in [0.1, 0.15) is 5.75 Å². The second kappa shape index (κ2) is 7.68. The molecule has 1 aromatic rings. The van der Waals surface area contributed by atoms with Gasteiger partial charge >= 0.3 is 0 Å². The summed E-state index contributed by atoms with van der Waals surface area (Å²) in [5, 5.41) is 3.69. The lowest BCUT2D eigenvalue weighted by molar-refractivity contribution is 0.242. The van der Waals surface area contributed by atoms with Crippen LogP contribution >= 0.6 is 0 Å². The molecule has 0 heterocycles. The van der Waals surface area contributed by atoms with Crippen LogP contribution in [0.4, 0.5) is 0 Å². The minimum Gasteiger partial charge on any atom is -0.491 e. The van der Waals surface area contributed by atoms with E-state index in [4.69, 9.17) is 4.74 Å². The molecule has 1 N–H and O–H groups in total. The Kier molecular flexibility index (Phi) is 5.90. The van der Waals surface area contributed by atoms with Gasteiger partial charge in [0.15, 0.2) is 0 Å². The number of nitrogens with one attached hydrogen (secondary N) is 1. The van der Waals surface area contributed by atoms with Crippen LogP contribution in [0.3, 0.4) is 0 Å². The number of ether oxygens (including phenoxy) is 1. The molecule has 1 saturated carbocycles. The molecule has 2 rings (SSSR count). The standard InChI is InChI=1S/C18H29NO/c1-14(2)20-18-11-7-10-17(12-18)15(3)19-13-16-8-5-4-6-9-16/h7,10-12,14-16,19H,4-6,8-9,13H2,1-3H3. The number of hydrogen-bond donors (Lipinski definition) is 1. The predicted octanol–water partition coefficient (Wildman–Crippen LogP) is 4.70. The van der Waals surface area contributed by atoms with E-state index in [2.05, 4.69) is 44.3 Å². The Morgan fingerprint density at radius 2 is 1.90 bits per heavy atom. The lowest BCUT2D eigenvalue weighted by Gasteiger charge is -2.24. The molecular formula is C18H29NO. The maximum atomic E-state index is 5.77. The van der Waals surface area contributed by atoms with Crippen LogP contribution in [-0.4, -0.2) is 12.6 Å². The lowest BCUT2D eigenvalue weighted by Crippen LogP contribution is -2.27. The average molecular weight is 275 g/mol. The van der Waals surface area contributed by atoms with Crippen LogP contribution in [0.2, 0.25) is 0 Å². The second-order valence-electron chi connectivity index (χ2n) is 6.37. The van der Waals surface area contributed by atoms with Crippen molar-refractivity contribution in [2.24, 2.45) is 5.92 Å². The van der Waals surface area contributed by atoms with Gasteiger partial charge in [-0.2, -0.15) is 0 Å². The highest BCUT2D eigenvalue weighted by Crippen LogP contribution is 2.24.